The molecule has 1 aromatic rings. The summed E-state index contributed by atoms with van der Waals surface area (Å²) in [6.45, 7) is 6.32. The van der Waals surface area contributed by atoms with E-state index in [2.05, 4.69) is 15.5 Å². The lowest BCUT2D eigenvalue weighted by Gasteiger charge is -2.08. The van der Waals surface area contributed by atoms with Crippen molar-refractivity contribution in [1.82, 2.24) is 15.5 Å². The van der Waals surface area contributed by atoms with E-state index in [9.17, 15) is 0 Å². The summed E-state index contributed by atoms with van der Waals surface area (Å²) in [6.07, 6.45) is 2.44. The van der Waals surface area contributed by atoms with Crippen LogP contribution < -0.4 is 5.32 Å². The van der Waals surface area contributed by atoms with Gasteiger partial charge in [0, 0.05) is 12.0 Å². The minimum absolute atomic E-state index is 0.300. The molecule has 0 amide bonds. The summed E-state index contributed by atoms with van der Waals surface area (Å²) in [6, 6.07) is 0.493. The van der Waals surface area contributed by atoms with E-state index in [1.807, 2.05) is 13.8 Å². The maximum absolute atomic E-state index is 5.54. The van der Waals surface area contributed by atoms with Gasteiger partial charge in [-0.15, -0.1) is 0 Å². The van der Waals surface area contributed by atoms with Gasteiger partial charge in [0.05, 0.1) is 6.61 Å². The van der Waals surface area contributed by atoms with Crippen LogP contribution >= 0.6 is 0 Å². The zero-order valence-corrected chi connectivity index (χ0v) is 9.90. The lowest BCUT2D eigenvalue weighted by Crippen LogP contribution is -2.26. The molecule has 90 valence electrons. The van der Waals surface area contributed by atoms with E-state index < -0.39 is 0 Å². The first-order chi connectivity index (χ1) is 7.75. The molecule has 1 aliphatic heterocycles. The molecule has 1 N–H and O–H groups in total. The highest BCUT2D eigenvalue weighted by atomic mass is 16.5. The van der Waals surface area contributed by atoms with Gasteiger partial charge in [-0.3, -0.25) is 0 Å². The molecule has 16 heavy (non-hydrogen) atoms. The third-order valence-electron chi connectivity index (χ3n) is 2.71. The van der Waals surface area contributed by atoms with Gasteiger partial charge in [-0.1, -0.05) is 19.0 Å². The fraction of sp³-hybridized carbons (Fsp3) is 0.818. The van der Waals surface area contributed by atoms with Crippen LogP contribution in [-0.2, 0) is 11.3 Å². The molecule has 5 nitrogen and oxygen atoms in total. The van der Waals surface area contributed by atoms with E-state index in [0.717, 1.165) is 19.0 Å². The Hall–Kier alpha value is -0.940. The number of nitrogens with zero attached hydrogens (tertiary/aromatic N) is 2. The summed E-state index contributed by atoms with van der Waals surface area (Å²) < 4.78 is 10.6. The Balaban J connectivity index is 1.72. The maximum Gasteiger partial charge on any atom is 0.252 e. The minimum Gasteiger partial charge on any atom is -0.370 e. The molecule has 5 heteroatoms. The van der Waals surface area contributed by atoms with E-state index in [0.29, 0.717) is 24.5 Å². The van der Waals surface area contributed by atoms with Crippen molar-refractivity contribution in [3.8, 4) is 0 Å². The summed E-state index contributed by atoms with van der Waals surface area (Å²) in [4.78, 5) is 4.25. The summed E-state index contributed by atoms with van der Waals surface area (Å²) in [5.74, 6) is 1.62. The van der Waals surface area contributed by atoms with Gasteiger partial charge in [0.2, 0.25) is 0 Å². The molecule has 0 spiro atoms. The Labute approximate surface area is 95.6 Å². The lowest BCUT2D eigenvalue weighted by molar-refractivity contribution is 0.0831. The molecule has 1 aliphatic rings. The van der Waals surface area contributed by atoms with Crippen LogP contribution in [0.25, 0.3) is 0 Å². The highest BCUT2D eigenvalue weighted by molar-refractivity contribution is 4.90. The van der Waals surface area contributed by atoms with Gasteiger partial charge in [-0.25, -0.2) is 0 Å². The van der Waals surface area contributed by atoms with Gasteiger partial charge >= 0.3 is 0 Å². The van der Waals surface area contributed by atoms with Crippen molar-refractivity contribution in [2.45, 2.75) is 45.3 Å². The number of ether oxygens (including phenoxy) is 1. The topological polar surface area (TPSA) is 60.2 Å². The molecule has 2 heterocycles. The highest BCUT2D eigenvalue weighted by Crippen LogP contribution is 2.11. The van der Waals surface area contributed by atoms with Crippen LogP contribution in [0.3, 0.4) is 0 Å². The Kier molecular flexibility index (Phi) is 3.90. The van der Waals surface area contributed by atoms with Crippen LogP contribution in [0.5, 0.6) is 0 Å². The van der Waals surface area contributed by atoms with Crippen LogP contribution in [0, 0.1) is 0 Å². The summed E-state index contributed by atoms with van der Waals surface area (Å²) in [5.41, 5.74) is 0. The second kappa shape index (κ2) is 5.41. The molecule has 0 aliphatic carbocycles. The molecule has 2 rings (SSSR count). The van der Waals surface area contributed by atoms with Crippen LogP contribution in [0.2, 0.25) is 0 Å². The van der Waals surface area contributed by atoms with Crippen molar-refractivity contribution in [3.05, 3.63) is 11.7 Å². The summed E-state index contributed by atoms with van der Waals surface area (Å²) >= 11 is 0. The fourth-order valence-corrected chi connectivity index (χ4v) is 1.75. The van der Waals surface area contributed by atoms with Crippen molar-refractivity contribution >= 4 is 0 Å². The molecule has 1 unspecified atom stereocenters. The Morgan fingerprint density at radius 2 is 2.44 bits per heavy atom. The average molecular weight is 225 g/mol. The van der Waals surface area contributed by atoms with Crippen LogP contribution in [0.15, 0.2) is 4.52 Å². The van der Waals surface area contributed by atoms with Crippen molar-refractivity contribution < 1.29 is 9.26 Å². The lowest BCUT2D eigenvalue weighted by atomic mass is 10.2. The molecule has 1 atom stereocenters. The Morgan fingerprint density at radius 3 is 3.06 bits per heavy atom. The standard InChI is InChI=1S/C11H19N3O2/c1-8(2)11-13-10(16-14-11)7-15-6-9-4-3-5-12-9/h8-9,12H,3-7H2,1-2H3. The van der Waals surface area contributed by atoms with E-state index in [-0.39, 0.29) is 0 Å². The van der Waals surface area contributed by atoms with E-state index in [4.69, 9.17) is 9.26 Å². The number of rotatable bonds is 5. The first kappa shape index (κ1) is 11.5. The fourth-order valence-electron chi connectivity index (χ4n) is 1.75. The predicted molar refractivity (Wildman–Crippen MR) is 59.1 cm³/mol. The van der Waals surface area contributed by atoms with Crippen molar-refractivity contribution in [2.75, 3.05) is 13.2 Å². The van der Waals surface area contributed by atoms with Crippen molar-refractivity contribution in [2.24, 2.45) is 0 Å². The third kappa shape index (κ3) is 3.02. The zero-order chi connectivity index (χ0) is 11.4. The SMILES string of the molecule is CC(C)c1noc(COCC2CCCN2)n1. The zero-order valence-electron chi connectivity index (χ0n) is 9.90. The van der Waals surface area contributed by atoms with Crippen LogP contribution in [-0.4, -0.2) is 29.3 Å². The van der Waals surface area contributed by atoms with Crippen LogP contribution in [0.1, 0.15) is 44.3 Å². The molecule has 0 saturated carbocycles. The monoisotopic (exact) mass is 225 g/mol. The number of nitrogens with one attached hydrogen (secondary N) is 1. The molecule has 0 aromatic carbocycles. The van der Waals surface area contributed by atoms with Crippen LogP contribution in [0.4, 0.5) is 0 Å². The highest BCUT2D eigenvalue weighted by Gasteiger charge is 2.15. The first-order valence-electron chi connectivity index (χ1n) is 5.89. The average Bonchev–Trinajstić information content (AvgIpc) is 2.87. The van der Waals surface area contributed by atoms with Gasteiger partial charge in [-0.05, 0) is 19.4 Å². The van der Waals surface area contributed by atoms with Gasteiger partial charge in [-0.2, -0.15) is 4.98 Å². The Bertz CT molecular complexity index is 319. The van der Waals surface area contributed by atoms with Gasteiger partial charge in [0.1, 0.15) is 6.61 Å². The van der Waals surface area contributed by atoms with Gasteiger partial charge in [0.15, 0.2) is 5.82 Å². The van der Waals surface area contributed by atoms with E-state index in [1.165, 1.54) is 12.8 Å². The first-order valence-corrected chi connectivity index (χ1v) is 5.89. The van der Waals surface area contributed by atoms with E-state index >= 15 is 0 Å². The normalized spacial score (nSPS) is 20.8. The van der Waals surface area contributed by atoms with Gasteiger partial charge < -0.3 is 14.6 Å². The largest absolute Gasteiger partial charge is 0.370 e. The van der Waals surface area contributed by atoms with E-state index in [1.54, 1.807) is 0 Å². The number of hydrogen-bond donors (Lipinski definition) is 1. The molecular weight excluding hydrogens is 206 g/mol. The molecule has 1 aromatic heterocycles. The molecule has 1 fully saturated rings. The smallest absolute Gasteiger partial charge is 0.252 e. The predicted octanol–water partition coefficient (Wildman–Crippen LogP) is 1.46. The van der Waals surface area contributed by atoms with Gasteiger partial charge in [0.25, 0.3) is 5.89 Å². The summed E-state index contributed by atoms with van der Waals surface area (Å²) in [7, 11) is 0. The number of hydrogen-bond acceptors (Lipinski definition) is 5. The second-order valence-corrected chi connectivity index (χ2v) is 4.51. The molecular formula is C11H19N3O2. The summed E-state index contributed by atoms with van der Waals surface area (Å²) in [5, 5.41) is 7.26. The maximum atomic E-state index is 5.54. The second-order valence-electron chi connectivity index (χ2n) is 4.51. The molecule has 1 saturated heterocycles. The van der Waals surface area contributed by atoms with Crippen molar-refractivity contribution in [3.63, 3.8) is 0 Å². The Morgan fingerprint density at radius 1 is 1.56 bits per heavy atom. The number of aromatic nitrogens is 2. The minimum atomic E-state index is 0.300. The molecule has 0 radical (unpaired) electrons. The molecule has 0 bridgehead atoms. The quantitative estimate of drug-likeness (QED) is 0.822. The van der Waals surface area contributed by atoms with Crippen molar-refractivity contribution in [1.29, 1.82) is 0 Å². The third-order valence-corrected chi connectivity index (χ3v) is 2.71.